The topological polar surface area (TPSA) is 93.5 Å². The van der Waals surface area contributed by atoms with Gasteiger partial charge in [0.15, 0.2) is 8.68 Å². The van der Waals surface area contributed by atoms with E-state index in [4.69, 9.17) is 4.74 Å². The largest absolute Gasteiger partial charge is 0.427 e. The number of carbonyl (C=O) groups excluding carboxylic acids is 2. The van der Waals surface area contributed by atoms with Gasteiger partial charge in [-0.25, -0.2) is 5.43 Å². The van der Waals surface area contributed by atoms with Crippen molar-refractivity contribution in [3.8, 4) is 5.75 Å². The minimum Gasteiger partial charge on any atom is -0.427 e. The first kappa shape index (κ1) is 23.0. The van der Waals surface area contributed by atoms with Crippen LogP contribution in [0.15, 0.2) is 68.4 Å². The minimum absolute atomic E-state index is 0.195. The monoisotopic (exact) mass is 472 g/mol. The van der Waals surface area contributed by atoms with E-state index in [1.54, 1.807) is 43.0 Å². The number of hydrogen-bond donors (Lipinski definition) is 1. The highest BCUT2D eigenvalue weighted by atomic mass is 32.2. The van der Waals surface area contributed by atoms with Crippen molar-refractivity contribution in [1.29, 1.82) is 0 Å². The van der Waals surface area contributed by atoms with Crippen LogP contribution in [0.1, 0.15) is 25.0 Å². The third-order valence-electron chi connectivity index (χ3n) is 3.80. The first-order chi connectivity index (χ1) is 15.0. The molecule has 3 rings (SSSR count). The molecule has 0 atom stereocenters. The maximum absolute atomic E-state index is 12.1. The van der Waals surface area contributed by atoms with E-state index >= 15 is 0 Å². The Morgan fingerprint density at radius 2 is 1.68 bits per heavy atom. The van der Waals surface area contributed by atoms with Crippen LogP contribution in [0.4, 0.5) is 0 Å². The molecule has 3 aromatic rings. The second-order valence-electron chi connectivity index (χ2n) is 6.25. The highest BCUT2D eigenvalue weighted by Crippen LogP contribution is 2.30. The summed E-state index contributed by atoms with van der Waals surface area (Å²) in [5, 5.41) is 12.4. The fraction of sp³-hybridized carbons (Fsp3) is 0.190. The number of esters is 1. The zero-order valence-corrected chi connectivity index (χ0v) is 19.4. The maximum atomic E-state index is 12.1. The van der Waals surface area contributed by atoms with Crippen molar-refractivity contribution >= 4 is 52.4 Å². The van der Waals surface area contributed by atoms with Crippen LogP contribution < -0.4 is 10.2 Å². The van der Waals surface area contributed by atoms with Gasteiger partial charge in [-0.3, -0.25) is 9.59 Å². The zero-order chi connectivity index (χ0) is 22.1. The number of thioether (sulfide) groups is 2. The second-order valence-corrected chi connectivity index (χ2v) is 9.67. The lowest BCUT2D eigenvalue weighted by Gasteiger charge is -2.04. The molecule has 7 nitrogen and oxygen atoms in total. The Kier molecular flexibility index (Phi) is 8.63. The van der Waals surface area contributed by atoms with Gasteiger partial charge in [0.1, 0.15) is 5.75 Å². The van der Waals surface area contributed by atoms with Gasteiger partial charge in [0.2, 0.25) is 0 Å². The molecule has 1 N–H and O–H groups in total. The molecule has 0 radical (unpaired) electrons. The van der Waals surface area contributed by atoms with Gasteiger partial charge in [-0.2, -0.15) is 5.10 Å². The van der Waals surface area contributed by atoms with E-state index in [1.165, 1.54) is 35.6 Å². The average molecular weight is 473 g/mol. The van der Waals surface area contributed by atoms with Crippen molar-refractivity contribution in [3.63, 3.8) is 0 Å². The number of hydrogen-bond acceptors (Lipinski definition) is 9. The number of ether oxygens (including phenoxy) is 1. The smallest absolute Gasteiger partial charge is 0.308 e. The fourth-order valence-electron chi connectivity index (χ4n) is 2.33. The maximum Gasteiger partial charge on any atom is 0.308 e. The van der Waals surface area contributed by atoms with Crippen LogP contribution in [0.2, 0.25) is 0 Å². The third kappa shape index (κ3) is 7.82. The summed E-state index contributed by atoms with van der Waals surface area (Å²) in [7, 11) is 0. The molecule has 0 unspecified atom stereocenters. The molecule has 160 valence electrons. The average Bonchev–Trinajstić information content (AvgIpc) is 3.23. The van der Waals surface area contributed by atoms with Crippen LogP contribution in [0.25, 0.3) is 0 Å². The van der Waals surface area contributed by atoms with Crippen molar-refractivity contribution in [2.75, 3.05) is 5.75 Å². The summed E-state index contributed by atoms with van der Waals surface area (Å²) in [6.07, 6.45) is 0. The molecule has 2 aromatic carbocycles. The summed E-state index contributed by atoms with van der Waals surface area (Å²) in [4.78, 5) is 23.1. The Morgan fingerprint density at radius 1 is 1.00 bits per heavy atom. The number of rotatable bonds is 9. The molecule has 0 spiro atoms. The SMILES string of the molecule is CC(=O)Oc1ccc(/C(C)=N/NC(=O)CSc2nnc(SCc3ccccc3)s2)cc1. The number of benzene rings is 2. The molecule has 1 amide bonds. The first-order valence-electron chi connectivity index (χ1n) is 9.24. The molecule has 1 heterocycles. The molecule has 0 saturated carbocycles. The van der Waals surface area contributed by atoms with Crippen LogP contribution in [0.5, 0.6) is 5.75 Å². The second kappa shape index (κ2) is 11.6. The van der Waals surface area contributed by atoms with Gasteiger partial charge >= 0.3 is 5.97 Å². The van der Waals surface area contributed by atoms with Crippen molar-refractivity contribution in [2.45, 2.75) is 28.3 Å². The van der Waals surface area contributed by atoms with E-state index in [0.717, 1.165) is 20.0 Å². The first-order valence-corrected chi connectivity index (χ1v) is 12.0. The number of nitrogens with one attached hydrogen (secondary N) is 1. The molecule has 0 fully saturated rings. The van der Waals surface area contributed by atoms with Crippen LogP contribution in [0.3, 0.4) is 0 Å². The highest BCUT2D eigenvalue weighted by Gasteiger charge is 2.09. The van der Waals surface area contributed by atoms with Crippen molar-refractivity contribution in [2.24, 2.45) is 5.10 Å². The lowest BCUT2D eigenvalue weighted by molar-refractivity contribution is -0.131. The summed E-state index contributed by atoms with van der Waals surface area (Å²) in [5.74, 6) is 0.883. The summed E-state index contributed by atoms with van der Waals surface area (Å²) >= 11 is 4.43. The number of nitrogens with zero attached hydrogens (tertiary/aromatic N) is 3. The van der Waals surface area contributed by atoms with E-state index in [1.807, 2.05) is 18.2 Å². The van der Waals surface area contributed by atoms with Gasteiger partial charge in [-0.15, -0.1) is 10.2 Å². The van der Waals surface area contributed by atoms with Crippen molar-refractivity contribution < 1.29 is 14.3 Å². The van der Waals surface area contributed by atoms with Crippen LogP contribution in [-0.2, 0) is 15.3 Å². The fourth-order valence-corrected chi connectivity index (χ4v) is 5.10. The Balaban J connectivity index is 1.43. The van der Waals surface area contributed by atoms with Crippen LogP contribution in [-0.4, -0.2) is 33.5 Å². The van der Waals surface area contributed by atoms with E-state index < -0.39 is 0 Å². The Hall–Kier alpha value is -2.69. The Bertz CT molecular complexity index is 1050. The number of carbonyl (C=O) groups is 2. The van der Waals surface area contributed by atoms with E-state index in [0.29, 0.717) is 11.5 Å². The van der Waals surface area contributed by atoms with E-state index in [9.17, 15) is 9.59 Å². The van der Waals surface area contributed by atoms with Crippen molar-refractivity contribution in [1.82, 2.24) is 15.6 Å². The molecule has 0 aliphatic heterocycles. The van der Waals surface area contributed by atoms with Gasteiger partial charge < -0.3 is 4.74 Å². The molecular formula is C21H20N4O3S3. The summed E-state index contributed by atoms with van der Waals surface area (Å²) in [5.41, 5.74) is 5.23. The standard InChI is InChI=1S/C21H20N4O3S3/c1-14(17-8-10-18(11-9-17)28-15(2)26)22-23-19(27)13-30-21-25-24-20(31-21)29-12-16-6-4-3-5-7-16/h3-11H,12-13H2,1-2H3,(H,23,27)/b22-14+. The molecule has 0 aliphatic rings. The Morgan fingerprint density at radius 3 is 2.35 bits per heavy atom. The van der Waals surface area contributed by atoms with E-state index in [2.05, 4.69) is 32.9 Å². The number of amides is 1. The summed E-state index contributed by atoms with van der Waals surface area (Å²) in [6, 6.07) is 17.1. The van der Waals surface area contributed by atoms with Crippen molar-refractivity contribution in [3.05, 3.63) is 65.7 Å². The summed E-state index contributed by atoms with van der Waals surface area (Å²) in [6.45, 7) is 3.13. The van der Waals surface area contributed by atoms with Gasteiger partial charge in [0, 0.05) is 12.7 Å². The predicted molar refractivity (Wildman–Crippen MR) is 125 cm³/mol. The van der Waals surface area contributed by atoms with E-state index in [-0.39, 0.29) is 17.6 Å². The van der Waals surface area contributed by atoms with Crippen LogP contribution >= 0.6 is 34.9 Å². The number of aromatic nitrogens is 2. The lowest BCUT2D eigenvalue weighted by Crippen LogP contribution is -2.21. The normalized spacial score (nSPS) is 11.2. The third-order valence-corrected chi connectivity index (χ3v) is 7.06. The molecule has 31 heavy (non-hydrogen) atoms. The molecule has 10 heteroatoms. The molecule has 0 saturated heterocycles. The molecule has 0 bridgehead atoms. The zero-order valence-electron chi connectivity index (χ0n) is 16.9. The lowest BCUT2D eigenvalue weighted by atomic mass is 10.1. The molecular weight excluding hydrogens is 452 g/mol. The summed E-state index contributed by atoms with van der Waals surface area (Å²) < 4.78 is 6.61. The quantitative estimate of drug-likeness (QED) is 0.162. The van der Waals surface area contributed by atoms with Gasteiger partial charge in [0.05, 0.1) is 11.5 Å². The van der Waals surface area contributed by atoms with Gasteiger partial charge in [-0.05, 0) is 42.3 Å². The highest BCUT2D eigenvalue weighted by molar-refractivity contribution is 8.03. The molecule has 0 aliphatic carbocycles. The molecule has 1 aromatic heterocycles. The predicted octanol–water partition coefficient (Wildman–Crippen LogP) is 4.39. The van der Waals surface area contributed by atoms with Gasteiger partial charge in [-0.1, -0.05) is 65.2 Å². The van der Waals surface area contributed by atoms with Crippen LogP contribution in [0, 0.1) is 0 Å². The number of hydrazone groups is 1. The minimum atomic E-state index is -0.375. The van der Waals surface area contributed by atoms with Gasteiger partial charge in [0.25, 0.3) is 5.91 Å². The Labute approximate surface area is 192 Å².